The van der Waals surface area contributed by atoms with Crippen LogP contribution in [0.25, 0.3) is 0 Å². The highest BCUT2D eigenvalue weighted by molar-refractivity contribution is 5.97. The summed E-state index contributed by atoms with van der Waals surface area (Å²) in [5.74, 6) is -1.43. The lowest BCUT2D eigenvalue weighted by Crippen LogP contribution is -2.29. The van der Waals surface area contributed by atoms with E-state index in [9.17, 15) is 14.4 Å². The number of hydrogen-bond acceptors (Lipinski definition) is 3. The minimum Gasteiger partial charge on any atom is -0.480 e. The molecular weight excluding hydrogens is 248 g/mol. The Morgan fingerprint density at radius 2 is 1.79 bits per heavy atom. The molecule has 1 saturated carbocycles. The molecule has 1 aromatic carbocycles. The Morgan fingerprint density at radius 1 is 1.16 bits per heavy atom. The molecular formula is C13H14N2O4. The molecule has 0 atom stereocenters. The molecule has 0 radical (unpaired) electrons. The van der Waals surface area contributed by atoms with Gasteiger partial charge in [-0.25, -0.2) is 0 Å². The maximum atomic E-state index is 11.5. The molecule has 1 aromatic rings. The molecule has 1 aliphatic carbocycles. The summed E-state index contributed by atoms with van der Waals surface area (Å²) >= 11 is 0. The second kappa shape index (κ2) is 5.51. The van der Waals surface area contributed by atoms with Gasteiger partial charge in [-0.05, 0) is 37.1 Å². The van der Waals surface area contributed by atoms with Crippen LogP contribution in [0.1, 0.15) is 23.2 Å². The van der Waals surface area contributed by atoms with Crippen molar-refractivity contribution in [3.05, 3.63) is 29.8 Å². The van der Waals surface area contributed by atoms with Gasteiger partial charge in [0.15, 0.2) is 0 Å². The first-order chi connectivity index (χ1) is 9.06. The predicted octanol–water partition coefficient (Wildman–Crippen LogP) is 0.849. The Kier molecular flexibility index (Phi) is 3.79. The number of carbonyl (C=O) groups excluding carboxylic acids is 2. The van der Waals surface area contributed by atoms with E-state index < -0.39 is 18.4 Å². The molecule has 0 unspecified atom stereocenters. The number of carboxylic acids is 1. The summed E-state index contributed by atoms with van der Waals surface area (Å²) in [4.78, 5) is 33.4. The summed E-state index contributed by atoms with van der Waals surface area (Å²) in [6.45, 7) is -0.418. The monoisotopic (exact) mass is 262 g/mol. The average Bonchev–Trinajstić information content (AvgIpc) is 3.21. The van der Waals surface area contributed by atoms with Crippen LogP contribution >= 0.6 is 0 Å². The van der Waals surface area contributed by atoms with Gasteiger partial charge in [-0.2, -0.15) is 0 Å². The summed E-state index contributed by atoms with van der Waals surface area (Å²) < 4.78 is 0. The highest BCUT2D eigenvalue weighted by atomic mass is 16.4. The summed E-state index contributed by atoms with van der Waals surface area (Å²) in [6, 6.07) is 6.32. The minimum atomic E-state index is -1.10. The predicted molar refractivity (Wildman–Crippen MR) is 67.8 cm³/mol. The number of carbonyl (C=O) groups is 3. The van der Waals surface area contributed by atoms with Gasteiger partial charge in [0.2, 0.25) is 5.91 Å². The number of hydrogen-bond donors (Lipinski definition) is 3. The average molecular weight is 262 g/mol. The van der Waals surface area contributed by atoms with Crippen molar-refractivity contribution in [1.29, 1.82) is 0 Å². The first-order valence-corrected chi connectivity index (χ1v) is 5.97. The van der Waals surface area contributed by atoms with E-state index in [1.807, 2.05) is 0 Å². The van der Waals surface area contributed by atoms with Gasteiger partial charge < -0.3 is 15.7 Å². The van der Waals surface area contributed by atoms with E-state index in [1.54, 1.807) is 24.3 Å². The van der Waals surface area contributed by atoms with E-state index in [0.717, 1.165) is 12.8 Å². The van der Waals surface area contributed by atoms with Crippen molar-refractivity contribution < 1.29 is 19.5 Å². The lowest BCUT2D eigenvalue weighted by atomic mass is 10.2. The fourth-order valence-electron chi connectivity index (χ4n) is 1.55. The van der Waals surface area contributed by atoms with Crippen LogP contribution in [0.4, 0.5) is 5.69 Å². The lowest BCUT2D eigenvalue weighted by Gasteiger charge is -2.06. The summed E-state index contributed by atoms with van der Waals surface area (Å²) in [5.41, 5.74) is 0.984. The first-order valence-electron chi connectivity index (χ1n) is 5.97. The van der Waals surface area contributed by atoms with Crippen molar-refractivity contribution in [2.75, 3.05) is 11.9 Å². The first kappa shape index (κ1) is 13.1. The Hall–Kier alpha value is -2.37. The third-order valence-electron chi connectivity index (χ3n) is 2.76. The van der Waals surface area contributed by atoms with Gasteiger partial charge in [0.25, 0.3) is 5.91 Å². The lowest BCUT2D eigenvalue weighted by molar-refractivity contribution is -0.135. The molecule has 0 spiro atoms. The molecule has 0 aromatic heterocycles. The Balaban J connectivity index is 1.91. The minimum absolute atomic E-state index is 0.00285. The number of carboxylic acid groups (broad SMARTS) is 1. The van der Waals surface area contributed by atoms with Crippen molar-refractivity contribution in [1.82, 2.24) is 5.32 Å². The molecule has 2 rings (SSSR count). The maximum Gasteiger partial charge on any atom is 0.322 e. The van der Waals surface area contributed by atoms with Crippen LogP contribution in [-0.4, -0.2) is 29.4 Å². The summed E-state index contributed by atoms with van der Waals surface area (Å²) in [7, 11) is 0. The molecule has 1 aliphatic rings. The molecule has 1 fully saturated rings. The van der Waals surface area contributed by atoms with Crippen molar-refractivity contribution in [3.8, 4) is 0 Å². The van der Waals surface area contributed by atoms with Crippen molar-refractivity contribution in [2.24, 2.45) is 5.92 Å². The zero-order valence-corrected chi connectivity index (χ0v) is 10.2. The highest BCUT2D eigenvalue weighted by Crippen LogP contribution is 2.30. The van der Waals surface area contributed by atoms with Gasteiger partial charge in [0, 0.05) is 17.2 Å². The zero-order chi connectivity index (χ0) is 13.8. The van der Waals surface area contributed by atoms with E-state index in [1.165, 1.54) is 0 Å². The van der Waals surface area contributed by atoms with E-state index in [0.29, 0.717) is 11.3 Å². The van der Waals surface area contributed by atoms with E-state index >= 15 is 0 Å². The second-order valence-electron chi connectivity index (χ2n) is 4.42. The van der Waals surface area contributed by atoms with E-state index in [-0.39, 0.29) is 11.8 Å². The Morgan fingerprint density at radius 3 is 2.32 bits per heavy atom. The summed E-state index contributed by atoms with van der Waals surface area (Å²) in [6.07, 6.45) is 1.86. The van der Waals surface area contributed by atoms with E-state index in [4.69, 9.17) is 5.11 Å². The third kappa shape index (κ3) is 3.80. The van der Waals surface area contributed by atoms with Gasteiger partial charge in [-0.3, -0.25) is 14.4 Å². The molecule has 19 heavy (non-hydrogen) atoms. The van der Waals surface area contributed by atoms with Crippen LogP contribution < -0.4 is 10.6 Å². The number of amides is 2. The quantitative estimate of drug-likeness (QED) is 0.733. The Bertz CT molecular complexity index is 506. The Labute approximate surface area is 109 Å². The maximum absolute atomic E-state index is 11.5. The van der Waals surface area contributed by atoms with Crippen LogP contribution in [0.3, 0.4) is 0 Å². The molecule has 2 amide bonds. The van der Waals surface area contributed by atoms with Gasteiger partial charge in [0.1, 0.15) is 6.54 Å². The fraction of sp³-hybridized carbons (Fsp3) is 0.308. The fourth-order valence-corrected chi connectivity index (χ4v) is 1.55. The standard InChI is InChI=1S/C13H14N2O4/c16-11(17)7-14-12(18)8-3-5-10(6-4-8)15-13(19)9-1-2-9/h3-6,9H,1-2,7H2,(H,14,18)(H,15,19)(H,16,17). The van der Waals surface area contributed by atoms with Gasteiger partial charge >= 0.3 is 5.97 Å². The van der Waals surface area contributed by atoms with Crippen LogP contribution in [0.5, 0.6) is 0 Å². The number of nitrogens with one attached hydrogen (secondary N) is 2. The molecule has 100 valence electrons. The van der Waals surface area contributed by atoms with Crippen LogP contribution in [0, 0.1) is 5.92 Å². The second-order valence-corrected chi connectivity index (χ2v) is 4.42. The van der Waals surface area contributed by atoms with Gasteiger partial charge in [-0.15, -0.1) is 0 Å². The SMILES string of the molecule is O=C(O)CNC(=O)c1ccc(NC(=O)C2CC2)cc1. The van der Waals surface area contributed by atoms with Crippen molar-refractivity contribution in [2.45, 2.75) is 12.8 Å². The van der Waals surface area contributed by atoms with Crippen molar-refractivity contribution >= 4 is 23.5 Å². The van der Waals surface area contributed by atoms with Gasteiger partial charge in [0.05, 0.1) is 0 Å². The van der Waals surface area contributed by atoms with Crippen LogP contribution in [0.15, 0.2) is 24.3 Å². The number of anilines is 1. The topological polar surface area (TPSA) is 95.5 Å². The molecule has 6 nitrogen and oxygen atoms in total. The van der Waals surface area contributed by atoms with Crippen molar-refractivity contribution in [3.63, 3.8) is 0 Å². The highest BCUT2D eigenvalue weighted by Gasteiger charge is 2.29. The number of benzene rings is 1. The molecule has 3 N–H and O–H groups in total. The molecule has 0 aliphatic heterocycles. The number of aliphatic carboxylic acids is 1. The smallest absolute Gasteiger partial charge is 0.322 e. The molecule has 6 heteroatoms. The molecule has 0 heterocycles. The van der Waals surface area contributed by atoms with E-state index in [2.05, 4.69) is 10.6 Å². The van der Waals surface area contributed by atoms with Crippen LogP contribution in [-0.2, 0) is 9.59 Å². The number of rotatable bonds is 5. The van der Waals surface area contributed by atoms with Gasteiger partial charge in [-0.1, -0.05) is 0 Å². The van der Waals surface area contributed by atoms with Crippen LogP contribution in [0.2, 0.25) is 0 Å². The zero-order valence-electron chi connectivity index (χ0n) is 10.2. The summed E-state index contributed by atoms with van der Waals surface area (Å²) in [5, 5.41) is 13.5. The molecule has 0 saturated heterocycles. The normalized spacial score (nSPS) is 13.7. The largest absolute Gasteiger partial charge is 0.480 e. The third-order valence-corrected chi connectivity index (χ3v) is 2.76. The molecule has 0 bridgehead atoms.